The van der Waals surface area contributed by atoms with Crippen molar-refractivity contribution < 1.29 is 18.3 Å². The lowest BCUT2D eigenvalue weighted by Crippen LogP contribution is -2.20. The summed E-state index contributed by atoms with van der Waals surface area (Å²) in [6.45, 7) is 2.70. The fourth-order valence-electron chi connectivity index (χ4n) is 4.28. The summed E-state index contributed by atoms with van der Waals surface area (Å²) in [7, 11) is 0. The second-order valence-corrected chi connectivity index (χ2v) is 8.28. The maximum absolute atomic E-state index is 13.3. The highest BCUT2D eigenvalue weighted by molar-refractivity contribution is 6.02. The molecule has 9 heteroatoms. The van der Waals surface area contributed by atoms with Gasteiger partial charge in [0.15, 0.2) is 0 Å². The number of aliphatic imine (C=N–C) groups is 1. The number of hydrogen-bond acceptors (Lipinski definition) is 4. The van der Waals surface area contributed by atoms with E-state index in [2.05, 4.69) is 9.98 Å². The largest absolute Gasteiger partial charge is 0.494 e. The summed E-state index contributed by atoms with van der Waals surface area (Å²) in [5, 5.41) is 11.8. The number of alkyl halides is 3. The maximum Gasteiger partial charge on any atom is 0.416 e. The Balaban J connectivity index is 1.73. The molecule has 0 bridgehead atoms. The van der Waals surface area contributed by atoms with Crippen LogP contribution in [0.3, 0.4) is 0 Å². The quantitative estimate of drug-likeness (QED) is 0.297. The summed E-state index contributed by atoms with van der Waals surface area (Å²) in [6.07, 6.45) is -2.36. The molecule has 2 aromatic heterocycles. The number of imidazole rings is 1. The Bertz CT molecular complexity index is 1680. The van der Waals surface area contributed by atoms with Crippen molar-refractivity contribution in [1.29, 1.82) is 0 Å². The third kappa shape index (κ3) is 4.02. The van der Waals surface area contributed by atoms with E-state index in [0.29, 0.717) is 17.9 Å². The topological polar surface area (TPSA) is 72.4 Å². The number of hydrogen-bond donors (Lipinski definition) is 1. The normalized spacial score (nSPS) is 12.2. The van der Waals surface area contributed by atoms with Gasteiger partial charge in [-0.15, -0.1) is 0 Å². The third-order valence-corrected chi connectivity index (χ3v) is 5.93. The molecule has 0 aliphatic rings. The number of halogens is 3. The first kappa shape index (κ1) is 23.3. The Morgan fingerprint density at radius 3 is 2.47 bits per heavy atom. The van der Waals surface area contributed by atoms with Crippen molar-refractivity contribution in [2.24, 2.45) is 4.99 Å². The molecule has 0 radical (unpaired) electrons. The number of benzene rings is 3. The van der Waals surface area contributed by atoms with Crippen LogP contribution in [0.4, 0.5) is 19.1 Å². The third-order valence-electron chi connectivity index (χ3n) is 5.93. The average Bonchev–Trinajstić information content (AvgIpc) is 3.21. The zero-order chi connectivity index (χ0) is 25.4. The first-order valence-corrected chi connectivity index (χ1v) is 11.3. The number of aromatic nitrogens is 3. The van der Waals surface area contributed by atoms with E-state index >= 15 is 0 Å². The maximum atomic E-state index is 13.3. The molecule has 5 rings (SSSR count). The van der Waals surface area contributed by atoms with E-state index < -0.39 is 23.2 Å². The highest BCUT2D eigenvalue weighted by Crippen LogP contribution is 2.32. The first-order valence-electron chi connectivity index (χ1n) is 11.3. The molecule has 1 N–H and O–H groups in total. The van der Waals surface area contributed by atoms with Gasteiger partial charge in [-0.2, -0.15) is 13.2 Å². The minimum atomic E-state index is -4.60. The lowest BCUT2D eigenvalue weighted by Gasteiger charge is -2.15. The first-order chi connectivity index (χ1) is 17.3. The molecule has 0 amide bonds. The minimum absolute atomic E-state index is 0.106. The minimum Gasteiger partial charge on any atom is -0.494 e. The molecule has 0 atom stereocenters. The van der Waals surface area contributed by atoms with Crippen molar-refractivity contribution >= 4 is 34.0 Å². The molecule has 0 aliphatic heterocycles. The summed E-state index contributed by atoms with van der Waals surface area (Å²) in [4.78, 5) is 22.4. The Morgan fingerprint density at radius 1 is 1.00 bits per heavy atom. The van der Waals surface area contributed by atoms with Gasteiger partial charge in [0, 0.05) is 23.5 Å². The van der Waals surface area contributed by atoms with Gasteiger partial charge in [0.2, 0.25) is 11.8 Å². The average molecular weight is 490 g/mol. The van der Waals surface area contributed by atoms with Crippen molar-refractivity contribution in [3.63, 3.8) is 0 Å². The number of aromatic hydroxyl groups is 1. The van der Waals surface area contributed by atoms with Crippen molar-refractivity contribution in [1.82, 2.24) is 14.1 Å². The van der Waals surface area contributed by atoms with Crippen molar-refractivity contribution in [3.8, 4) is 11.6 Å². The van der Waals surface area contributed by atoms with Crippen molar-refractivity contribution in [3.05, 3.63) is 94.3 Å². The predicted molar refractivity (Wildman–Crippen MR) is 133 cm³/mol. The van der Waals surface area contributed by atoms with Crippen molar-refractivity contribution in [2.75, 3.05) is 0 Å². The van der Waals surface area contributed by atoms with Gasteiger partial charge in [-0.1, -0.05) is 43.3 Å². The molecule has 3 aromatic carbocycles. The number of pyridine rings is 1. The molecule has 0 saturated carbocycles. The summed E-state index contributed by atoms with van der Waals surface area (Å²) >= 11 is 0. The van der Waals surface area contributed by atoms with Crippen LogP contribution < -0.4 is 5.56 Å². The standard InChI is InChI=1S/C27H21F3N4O2/c1-2-14-33-23-13-6-5-12-22(23)32-26(33)31-16-21-19-10-3-4-11-20(19)24(35)34(25(21)36)18-9-7-8-17(15-18)27(28,29)30/h3-13,15-16,36H,2,14H2,1H3. The molecule has 0 spiro atoms. The van der Waals surface area contributed by atoms with Gasteiger partial charge in [0.1, 0.15) is 0 Å². The van der Waals surface area contributed by atoms with Crippen LogP contribution in [-0.2, 0) is 12.7 Å². The zero-order valence-corrected chi connectivity index (χ0v) is 19.2. The molecular formula is C27H21F3N4O2. The molecular weight excluding hydrogens is 469 g/mol. The van der Waals surface area contributed by atoms with Gasteiger partial charge in [0.25, 0.3) is 5.56 Å². The fourth-order valence-corrected chi connectivity index (χ4v) is 4.28. The van der Waals surface area contributed by atoms with Crippen LogP contribution in [0, 0.1) is 0 Å². The molecule has 36 heavy (non-hydrogen) atoms. The van der Waals surface area contributed by atoms with E-state index in [1.54, 1.807) is 24.3 Å². The molecule has 0 unspecified atom stereocenters. The van der Waals surface area contributed by atoms with E-state index in [-0.39, 0.29) is 16.6 Å². The summed E-state index contributed by atoms with van der Waals surface area (Å²) in [5.41, 5.74) is 0.194. The lowest BCUT2D eigenvalue weighted by molar-refractivity contribution is -0.137. The van der Waals surface area contributed by atoms with Crippen LogP contribution in [0.2, 0.25) is 0 Å². The highest BCUT2D eigenvalue weighted by atomic mass is 19.4. The summed E-state index contributed by atoms with van der Waals surface area (Å²) in [6, 6.07) is 18.5. The van der Waals surface area contributed by atoms with Gasteiger partial charge in [-0.05, 0) is 42.8 Å². The molecule has 0 fully saturated rings. The van der Waals surface area contributed by atoms with Crippen LogP contribution in [0.5, 0.6) is 5.88 Å². The fraction of sp³-hybridized carbons (Fsp3) is 0.148. The van der Waals surface area contributed by atoms with E-state index in [1.165, 1.54) is 18.3 Å². The highest BCUT2D eigenvalue weighted by Gasteiger charge is 2.31. The van der Waals surface area contributed by atoms with Gasteiger partial charge < -0.3 is 9.67 Å². The smallest absolute Gasteiger partial charge is 0.416 e. The van der Waals surface area contributed by atoms with Gasteiger partial charge >= 0.3 is 6.18 Å². The summed E-state index contributed by atoms with van der Waals surface area (Å²) < 4.78 is 42.8. The van der Waals surface area contributed by atoms with Gasteiger partial charge in [0.05, 0.1) is 27.8 Å². The van der Waals surface area contributed by atoms with Crippen LogP contribution in [0.25, 0.3) is 27.5 Å². The molecule has 6 nitrogen and oxygen atoms in total. The number of para-hydroxylation sites is 2. The Labute approximate surface area is 203 Å². The van der Waals surface area contributed by atoms with E-state index in [0.717, 1.165) is 34.2 Å². The monoisotopic (exact) mass is 490 g/mol. The van der Waals surface area contributed by atoms with Crippen molar-refractivity contribution in [2.45, 2.75) is 26.1 Å². The molecule has 182 valence electrons. The second-order valence-electron chi connectivity index (χ2n) is 8.28. The molecule has 5 aromatic rings. The zero-order valence-electron chi connectivity index (χ0n) is 19.2. The van der Waals surface area contributed by atoms with Gasteiger partial charge in [-0.3, -0.25) is 4.79 Å². The van der Waals surface area contributed by atoms with Crippen LogP contribution in [-0.4, -0.2) is 25.4 Å². The lowest BCUT2D eigenvalue weighted by atomic mass is 10.1. The van der Waals surface area contributed by atoms with E-state index in [1.807, 2.05) is 35.8 Å². The Kier molecular flexibility index (Phi) is 5.83. The molecule has 2 heterocycles. The van der Waals surface area contributed by atoms with Crippen LogP contribution in [0.1, 0.15) is 24.5 Å². The number of aryl methyl sites for hydroxylation is 1. The summed E-state index contributed by atoms with van der Waals surface area (Å²) in [5.74, 6) is -0.0988. The Morgan fingerprint density at radius 2 is 1.72 bits per heavy atom. The van der Waals surface area contributed by atoms with Gasteiger partial charge in [-0.25, -0.2) is 14.5 Å². The number of fused-ring (bicyclic) bond motifs is 2. The molecule has 0 saturated heterocycles. The predicted octanol–water partition coefficient (Wildman–Crippen LogP) is 6.23. The number of nitrogens with zero attached hydrogens (tertiary/aromatic N) is 4. The second kappa shape index (κ2) is 8.99. The SMILES string of the molecule is CCCn1c(N=Cc2c(O)n(-c3cccc(C(F)(F)F)c3)c(=O)c3ccccc23)nc2ccccc21. The molecule has 0 aliphatic carbocycles. The number of rotatable bonds is 5. The van der Waals surface area contributed by atoms with Crippen LogP contribution >= 0.6 is 0 Å². The Hall–Kier alpha value is -4.40. The van der Waals surface area contributed by atoms with Crippen LogP contribution in [0.15, 0.2) is 82.6 Å². The van der Waals surface area contributed by atoms with E-state index in [4.69, 9.17) is 0 Å². The van der Waals surface area contributed by atoms with E-state index in [9.17, 15) is 23.1 Å².